The Bertz CT molecular complexity index is 555. The lowest BCUT2D eigenvalue weighted by Gasteiger charge is -2.09. The van der Waals surface area contributed by atoms with Gasteiger partial charge >= 0.3 is 0 Å². The van der Waals surface area contributed by atoms with E-state index in [0.717, 1.165) is 0 Å². The molecular weight excluding hydrogens is 268 g/mol. The molecule has 1 aromatic rings. The first kappa shape index (κ1) is 15.5. The predicted octanol–water partition coefficient (Wildman–Crippen LogP) is 0.370. The number of hydrogen-bond donors (Lipinski definition) is 3. The lowest BCUT2D eigenvalue weighted by atomic mass is 10.1. The van der Waals surface area contributed by atoms with Crippen LogP contribution in [0.25, 0.3) is 0 Å². The molecule has 0 unspecified atom stereocenters. The van der Waals surface area contributed by atoms with Crippen molar-refractivity contribution < 1.29 is 18.3 Å². The van der Waals surface area contributed by atoms with E-state index in [4.69, 9.17) is 0 Å². The zero-order valence-electron chi connectivity index (χ0n) is 10.9. The molecule has 0 aliphatic rings. The molecule has 19 heavy (non-hydrogen) atoms. The van der Waals surface area contributed by atoms with E-state index in [1.807, 2.05) is 0 Å². The summed E-state index contributed by atoms with van der Waals surface area (Å²) < 4.78 is 25.1. The van der Waals surface area contributed by atoms with Crippen LogP contribution in [-0.2, 0) is 10.0 Å². The van der Waals surface area contributed by atoms with Gasteiger partial charge in [-0.1, -0.05) is 13.0 Å². The second kappa shape index (κ2) is 6.53. The SMILES string of the molecule is CCNS(=O)(=O)CCNC(=O)c1cccc(O)c1C. The number of phenols is 1. The van der Waals surface area contributed by atoms with Crippen molar-refractivity contribution >= 4 is 15.9 Å². The first-order valence-electron chi connectivity index (χ1n) is 5.91. The highest BCUT2D eigenvalue weighted by Crippen LogP contribution is 2.19. The Labute approximate surface area is 112 Å². The third-order valence-electron chi connectivity index (χ3n) is 2.57. The second-order valence-electron chi connectivity index (χ2n) is 4.02. The maximum Gasteiger partial charge on any atom is 0.251 e. The topological polar surface area (TPSA) is 95.5 Å². The van der Waals surface area contributed by atoms with E-state index in [1.165, 1.54) is 6.07 Å². The number of phenolic OH excluding ortho intramolecular Hbond substituents is 1. The van der Waals surface area contributed by atoms with Crippen LogP contribution in [0.4, 0.5) is 0 Å². The minimum atomic E-state index is -3.34. The average Bonchev–Trinajstić information content (AvgIpc) is 2.32. The summed E-state index contributed by atoms with van der Waals surface area (Å²) >= 11 is 0. The van der Waals surface area contributed by atoms with E-state index in [-0.39, 0.29) is 18.0 Å². The number of benzene rings is 1. The Balaban J connectivity index is 2.60. The summed E-state index contributed by atoms with van der Waals surface area (Å²) in [5.41, 5.74) is 0.801. The highest BCUT2D eigenvalue weighted by Gasteiger charge is 2.13. The molecule has 0 aliphatic carbocycles. The molecule has 0 bridgehead atoms. The number of carbonyl (C=O) groups is 1. The van der Waals surface area contributed by atoms with Gasteiger partial charge in [0.2, 0.25) is 10.0 Å². The minimum Gasteiger partial charge on any atom is -0.508 e. The van der Waals surface area contributed by atoms with E-state index >= 15 is 0 Å². The molecule has 1 rings (SSSR count). The highest BCUT2D eigenvalue weighted by molar-refractivity contribution is 7.89. The highest BCUT2D eigenvalue weighted by atomic mass is 32.2. The summed E-state index contributed by atoms with van der Waals surface area (Å²) in [7, 11) is -3.34. The fraction of sp³-hybridized carbons (Fsp3) is 0.417. The van der Waals surface area contributed by atoms with Crippen molar-refractivity contribution in [2.75, 3.05) is 18.8 Å². The van der Waals surface area contributed by atoms with Crippen LogP contribution < -0.4 is 10.0 Å². The largest absolute Gasteiger partial charge is 0.508 e. The van der Waals surface area contributed by atoms with E-state index in [9.17, 15) is 18.3 Å². The molecule has 1 aromatic carbocycles. The third-order valence-corrected chi connectivity index (χ3v) is 4.04. The predicted molar refractivity (Wildman–Crippen MR) is 72.6 cm³/mol. The lowest BCUT2D eigenvalue weighted by molar-refractivity contribution is 0.0955. The van der Waals surface area contributed by atoms with Gasteiger partial charge in [0.05, 0.1) is 5.75 Å². The first-order chi connectivity index (χ1) is 8.87. The molecule has 0 aliphatic heterocycles. The number of amides is 1. The average molecular weight is 286 g/mol. The minimum absolute atomic E-state index is 0.0171. The lowest BCUT2D eigenvalue weighted by Crippen LogP contribution is -2.34. The van der Waals surface area contributed by atoms with Crippen LogP contribution in [0.1, 0.15) is 22.8 Å². The van der Waals surface area contributed by atoms with Crippen molar-refractivity contribution in [1.29, 1.82) is 0 Å². The number of carbonyl (C=O) groups excluding carboxylic acids is 1. The fourth-order valence-electron chi connectivity index (χ4n) is 1.56. The van der Waals surface area contributed by atoms with Crippen LogP contribution in [0.15, 0.2) is 18.2 Å². The molecule has 0 saturated heterocycles. The van der Waals surface area contributed by atoms with Gasteiger partial charge in [-0.15, -0.1) is 0 Å². The van der Waals surface area contributed by atoms with Gasteiger partial charge in [0.15, 0.2) is 0 Å². The maximum absolute atomic E-state index is 11.8. The van der Waals surface area contributed by atoms with Gasteiger partial charge in [0, 0.05) is 24.2 Å². The molecule has 0 saturated carbocycles. The molecule has 6 nitrogen and oxygen atoms in total. The summed E-state index contributed by atoms with van der Waals surface area (Å²) in [6, 6.07) is 4.62. The van der Waals surface area contributed by atoms with Gasteiger partial charge in [-0.05, 0) is 19.1 Å². The molecular formula is C12H18N2O4S. The van der Waals surface area contributed by atoms with Gasteiger partial charge in [0.25, 0.3) is 5.91 Å². The van der Waals surface area contributed by atoms with Crippen LogP contribution in [0.5, 0.6) is 5.75 Å². The van der Waals surface area contributed by atoms with E-state index in [2.05, 4.69) is 10.0 Å². The fourth-order valence-corrected chi connectivity index (χ4v) is 2.51. The molecule has 3 N–H and O–H groups in total. The van der Waals surface area contributed by atoms with Crippen molar-refractivity contribution in [3.63, 3.8) is 0 Å². The summed E-state index contributed by atoms with van der Waals surface area (Å²) in [5, 5.41) is 12.0. The van der Waals surface area contributed by atoms with E-state index < -0.39 is 15.9 Å². The van der Waals surface area contributed by atoms with Crippen LogP contribution in [-0.4, -0.2) is 38.3 Å². The molecule has 0 spiro atoms. The molecule has 0 heterocycles. The van der Waals surface area contributed by atoms with Gasteiger partial charge < -0.3 is 10.4 Å². The van der Waals surface area contributed by atoms with Crippen molar-refractivity contribution in [3.05, 3.63) is 29.3 Å². The summed E-state index contributed by atoms with van der Waals surface area (Å²) in [6.07, 6.45) is 0. The quantitative estimate of drug-likeness (QED) is 0.704. The van der Waals surface area contributed by atoms with Gasteiger partial charge in [-0.3, -0.25) is 4.79 Å². The molecule has 0 radical (unpaired) electrons. The standard InChI is InChI=1S/C12H18N2O4S/c1-3-14-19(17,18)8-7-13-12(16)10-5-4-6-11(15)9(10)2/h4-6,14-15H,3,7-8H2,1-2H3,(H,13,16). The van der Waals surface area contributed by atoms with Crippen molar-refractivity contribution in [2.45, 2.75) is 13.8 Å². The monoisotopic (exact) mass is 286 g/mol. The Morgan fingerprint density at radius 3 is 2.68 bits per heavy atom. The Kier molecular flexibility index (Phi) is 5.31. The zero-order chi connectivity index (χ0) is 14.5. The number of aromatic hydroxyl groups is 1. The Morgan fingerprint density at radius 1 is 1.37 bits per heavy atom. The van der Waals surface area contributed by atoms with E-state index in [1.54, 1.807) is 26.0 Å². The van der Waals surface area contributed by atoms with Gasteiger partial charge in [0.1, 0.15) is 5.75 Å². The zero-order valence-corrected chi connectivity index (χ0v) is 11.8. The Hall–Kier alpha value is -1.60. The number of sulfonamides is 1. The smallest absolute Gasteiger partial charge is 0.251 e. The van der Waals surface area contributed by atoms with Crippen molar-refractivity contribution in [1.82, 2.24) is 10.0 Å². The molecule has 7 heteroatoms. The normalized spacial score (nSPS) is 11.3. The second-order valence-corrected chi connectivity index (χ2v) is 5.95. The number of hydrogen-bond acceptors (Lipinski definition) is 4. The van der Waals surface area contributed by atoms with Crippen LogP contribution in [0.2, 0.25) is 0 Å². The van der Waals surface area contributed by atoms with Crippen LogP contribution in [0, 0.1) is 6.92 Å². The maximum atomic E-state index is 11.8. The van der Waals surface area contributed by atoms with E-state index in [0.29, 0.717) is 17.7 Å². The van der Waals surface area contributed by atoms with Crippen molar-refractivity contribution in [3.8, 4) is 5.75 Å². The van der Waals surface area contributed by atoms with Crippen LogP contribution >= 0.6 is 0 Å². The van der Waals surface area contributed by atoms with Gasteiger partial charge in [-0.25, -0.2) is 13.1 Å². The third kappa shape index (κ3) is 4.53. The number of rotatable bonds is 6. The molecule has 1 amide bonds. The molecule has 0 atom stereocenters. The van der Waals surface area contributed by atoms with Gasteiger partial charge in [-0.2, -0.15) is 0 Å². The molecule has 0 aromatic heterocycles. The Morgan fingerprint density at radius 2 is 2.05 bits per heavy atom. The summed E-state index contributed by atoms with van der Waals surface area (Å²) in [4.78, 5) is 11.8. The van der Waals surface area contributed by atoms with Crippen molar-refractivity contribution in [2.24, 2.45) is 0 Å². The summed E-state index contributed by atoms with van der Waals surface area (Å²) in [6.45, 7) is 3.65. The number of nitrogens with one attached hydrogen (secondary N) is 2. The summed E-state index contributed by atoms with van der Waals surface area (Å²) in [5.74, 6) is -0.544. The van der Waals surface area contributed by atoms with Crippen LogP contribution in [0.3, 0.4) is 0 Å². The first-order valence-corrected chi connectivity index (χ1v) is 7.56. The molecule has 106 valence electrons. The molecule has 0 fully saturated rings.